The molecular formula is C30H36N2O4Si. The molecule has 0 radical (unpaired) electrons. The van der Waals surface area contributed by atoms with Crippen molar-refractivity contribution in [3.63, 3.8) is 0 Å². The number of ether oxygens (including phenoxy) is 2. The summed E-state index contributed by atoms with van der Waals surface area (Å²) in [6, 6.07) is 26.9. The van der Waals surface area contributed by atoms with Crippen LogP contribution in [0.4, 0.5) is 0 Å². The van der Waals surface area contributed by atoms with Crippen LogP contribution in [0.2, 0.25) is 18.1 Å². The van der Waals surface area contributed by atoms with E-state index in [2.05, 4.69) is 43.8 Å². The molecule has 7 heteroatoms. The van der Waals surface area contributed by atoms with Crippen LogP contribution in [-0.2, 0) is 13.2 Å². The molecule has 2 heterocycles. The van der Waals surface area contributed by atoms with Crippen LogP contribution in [0.25, 0.3) is 0 Å². The molecule has 0 atom stereocenters. The molecule has 2 aromatic carbocycles. The van der Waals surface area contributed by atoms with E-state index < -0.39 is 8.32 Å². The van der Waals surface area contributed by atoms with Gasteiger partial charge in [0.05, 0.1) is 12.4 Å². The Bertz CT molecular complexity index is 1190. The molecule has 0 bridgehead atoms. The fraction of sp³-hybridized carbons (Fsp3) is 0.267. The van der Waals surface area contributed by atoms with Crippen molar-refractivity contribution in [1.82, 2.24) is 9.97 Å². The largest absolute Gasteiger partial charge is 0.542 e. The molecule has 0 unspecified atom stereocenters. The van der Waals surface area contributed by atoms with E-state index in [4.69, 9.17) is 19.0 Å². The van der Waals surface area contributed by atoms with Gasteiger partial charge < -0.3 is 19.0 Å². The maximum Gasteiger partial charge on any atom is 0.250 e. The Hall–Kier alpha value is -3.84. The predicted octanol–water partition coefficient (Wildman–Crippen LogP) is 7.41. The Labute approximate surface area is 221 Å². The maximum atomic E-state index is 9.02. The van der Waals surface area contributed by atoms with Crippen molar-refractivity contribution < 1.29 is 19.0 Å². The zero-order chi connectivity index (χ0) is 26.7. The topological polar surface area (TPSA) is 73.7 Å². The minimum absolute atomic E-state index is 0.141. The Morgan fingerprint density at radius 2 is 1.16 bits per heavy atom. The van der Waals surface area contributed by atoms with Crippen molar-refractivity contribution in [2.24, 2.45) is 0 Å². The first kappa shape index (κ1) is 27.7. The molecule has 0 saturated heterocycles. The Morgan fingerprint density at radius 3 is 1.57 bits per heavy atom. The standard InChI is InChI=1S/C18H25NO2Si.C12H11NO2/c1-18(2,3)22(4,5)21-16-11-12-17(19-13-16)20-14-15-9-7-6-8-10-15;14-11-6-7-12(13-8-11)15-9-10-4-2-1-3-5-10/h6-13H,14H2,1-5H3;1-8,14H,9H2. The van der Waals surface area contributed by atoms with Gasteiger partial charge in [0.25, 0.3) is 8.32 Å². The van der Waals surface area contributed by atoms with E-state index in [1.54, 1.807) is 18.3 Å². The van der Waals surface area contributed by atoms with Crippen LogP contribution < -0.4 is 13.9 Å². The van der Waals surface area contributed by atoms with Crippen LogP contribution in [0.5, 0.6) is 23.3 Å². The number of hydrogen-bond donors (Lipinski definition) is 1. The molecule has 4 aromatic rings. The van der Waals surface area contributed by atoms with Crippen molar-refractivity contribution in [2.75, 3.05) is 0 Å². The average molecular weight is 517 g/mol. The van der Waals surface area contributed by atoms with Crippen LogP contribution in [-0.4, -0.2) is 23.4 Å². The molecular weight excluding hydrogens is 480 g/mol. The lowest BCUT2D eigenvalue weighted by atomic mass is 10.2. The van der Waals surface area contributed by atoms with Gasteiger partial charge in [0, 0.05) is 12.1 Å². The van der Waals surface area contributed by atoms with Crippen LogP contribution >= 0.6 is 0 Å². The van der Waals surface area contributed by atoms with Gasteiger partial charge in [-0.15, -0.1) is 0 Å². The third-order valence-corrected chi connectivity index (χ3v) is 10.4. The lowest BCUT2D eigenvalue weighted by Crippen LogP contribution is -2.43. The molecule has 1 N–H and O–H groups in total. The van der Waals surface area contributed by atoms with E-state index in [-0.39, 0.29) is 10.8 Å². The summed E-state index contributed by atoms with van der Waals surface area (Å²) in [5.74, 6) is 2.09. The monoisotopic (exact) mass is 516 g/mol. The molecule has 6 nitrogen and oxygen atoms in total. The normalized spacial score (nSPS) is 11.2. The quantitative estimate of drug-likeness (QED) is 0.246. The Balaban J connectivity index is 0.000000220. The van der Waals surface area contributed by atoms with Gasteiger partial charge in [0.15, 0.2) is 0 Å². The van der Waals surface area contributed by atoms with Gasteiger partial charge in [-0.3, -0.25) is 0 Å². The van der Waals surface area contributed by atoms with Crippen LogP contribution in [0, 0.1) is 0 Å². The first-order valence-corrected chi connectivity index (χ1v) is 15.2. The van der Waals surface area contributed by atoms with E-state index >= 15 is 0 Å². The first-order valence-electron chi connectivity index (χ1n) is 12.3. The molecule has 194 valence electrons. The van der Waals surface area contributed by atoms with Gasteiger partial charge >= 0.3 is 0 Å². The van der Waals surface area contributed by atoms with E-state index in [1.165, 1.54) is 6.20 Å². The maximum absolute atomic E-state index is 9.02. The SMILES string of the molecule is CC(C)(C)[Si](C)(C)Oc1ccc(OCc2ccccc2)nc1.Oc1ccc(OCc2ccccc2)nc1. The minimum Gasteiger partial charge on any atom is -0.542 e. The summed E-state index contributed by atoms with van der Waals surface area (Å²) in [7, 11) is -1.82. The summed E-state index contributed by atoms with van der Waals surface area (Å²) in [6.45, 7) is 12.1. The second-order valence-corrected chi connectivity index (χ2v) is 14.8. The summed E-state index contributed by atoms with van der Waals surface area (Å²) < 4.78 is 17.3. The Kier molecular flexibility index (Phi) is 9.69. The molecule has 0 aliphatic carbocycles. The highest BCUT2D eigenvalue weighted by molar-refractivity contribution is 6.74. The zero-order valence-corrected chi connectivity index (χ0v) is 23.2. The summed E-state index contributed by atoms with van der Waals surface area (Å²) in [6.07, 6.45) is 3.11. The summed E-state index contributed by atoms with van der Waals surface area (Å²) >= 11 is 0. The molecule has 0 aliphatic heterocycles. The van der Waals surface area contributed by atoms with Crippen molar-refractivity contribution in [3.05, 3.63) is 108 Å². The molecule has 37 heavy (non-hydrogen) atoms. The summed E-state index contributed by atoms with van der Waals surface area (Å²) in [5, 5.41) is 9.20. The van der Waals surface area contributed by atoms with Crippen molar-refractivity contribution >= 4 is 8.32 Å². The fourth-order valence-corrected chi connectivity index (χ4v) is 3.90. The number of benzene rings is 2. The van der Waals surface area contributed by atoms with E-state index in [1.807, 2.05) is 72.8 Å². The number of rotatable bonds is 8. The molecule has 0 spiro atoms. The van der Waals surface area contributed by atoms with Gasteiger partial charge in [-0.25, -0.2) is 9.97 Å². The van der Waals surface area contributed by atoms with E-state index in [0.29, 0.717) is 25.0 Å². The third-order valence-electron chi connectivity index (χ3n) is 6.07. The highest BCUT2D eigenvalue weighted by atomic mass is 28.4. The Morgan fingerprint density at radius 1 is 0.676 bits per heavy atom. The molecule has 0 fully saturated rings. The van der Waals surface area contributed by atoms with Gasteiger partial charge in [-0.1, -0.05) is 81.4 Å². The third kappa shape index (κ3) is 9.27. The lowest BCUT2D eigenvalue weighted by molar-refractivity contribution is 0.293. The van der Waals surface area contributed by atoms with Crippen molar-refractivity contribution in [2.45, 2.75) is 52.1 Å². The highest BCUT2D eigenvalue weighted by Gasteiger charge is 2.39. The summed E-state index contributed by atoms with van der Waals surface area (Å²) in [5.41, 5.74) is 2.22. The number of hydrogen-bond acceptors (Lipinski definition) is 6. The molecule has 2 aromatic heterocycles. The van der Waals surface area contributed by atoms with Crippen LogP contribution in [0.15, 0.2) is 97.3 Å². The zero-order valence-electron chi connectivity index (χ0n) is 22.2. The van der Waals surface area contributed by atoms with Gasteiger partial charge in [-0.2, -0.15) is 0 Å². The average Bonchev–Trinajstić information content (AvgIpc) is 2.89. The van der Waals surface area contributed by atoms with E-state index in [0.717, 1.165) is 16.9 Å². The van der Waals surface area contributed by atoms with Gasteiger partial charge in [0.1, 0.15) is 24.7 Å². The second-order valence-electron chi connectivity index (χ2n) is 10.1. The second kappa shape index (κ2) is 12.9. The smallest absolute Gasteiger partial charge is 0.250 e. The predicted molar refractivity (Wildman–Crippen MR) is 150 cm³/mol. The number of pyridine rings is 2. The fourth-order valence-electron chi connectivity index (χ4n) is 2.88. The number of aromatic hydroxyl groups is 1. The minimum atomic E-state index is -1.82. The van der Waals surface area contributed by atoms with E-state index in [9.17, 15) is 0 Å². The summed E-state index contributed by atoms with van der Waals surface area (Å²) in [4.78, 5) is 8.26. The highest BCUT2D eigenvalue weighted by Crippen LogP contribution is 2.37. The molecule has 4 rings (SSSR count). The van der Waals surface area contributed by atoms with Crippen molar-refractivity contribution in [1.29, 1.82) is 0 Å². The lowest BCUT2D eigenvalue weighted by Gasteiger charge is -2.36. The molecule has 0 saturated carbocycles. The van der Waals surface area contributed by atoms with Crippen LogP contribution in [0.1, 0.15) is 31.9 Å². The van der Waals surface area contributed by atoms with Gasteiger partial charge in [-0.05, 0) is 41.4 Å². The number of nitrogens with zero attached hydrogens (tertiary/aromatic N) is 2. The first-order chi connectivity index (χ1) is 17.6. The van der Waals surface area contributed by atoms with Gasteiger partial charge in [0.2, 0.25) is 11.8 Å². The molecule has 0 amide bonds. The molecule has 0 aliphatic rings. The number of aromatic nitrogens is 2. The van der Waals surface area contributed by atoms with Crippen molar-refractivity contribution in [3.8, 4) is 23.3 Å². The van der Waals surface area contributed by atoms with Crippen LogP contribution in [0.3, 0.4) is 0 Å².